The molecule has 0 saturated carbocycles. The van der Waals surface area contributed by atoms with Crippen molar-refractivity contribution in [3.63, 3.8) is 0 Å². The smallest absolute Gasteiger partial charge is 0.229 e. The normalized spacial score (nSPS) is 12.9. The highest BCUT2D eigenvalue weighted by Crippen LogP contribution is 2.31. The first kappa shape index (κ1) is 19.5. The summed E-state index contributed by atoms with van der Waals surface area (Å²) in [6, 6.07) is 10.9. The molecule has 0 aliphatic carbocycles. The fourth-order valence-electron chi connectivity index (χ4n) is 2.64. The summed E-state index contributed by atoms with van der Waals surface area (Å²) in [5, 5.41) is 7.58. The Morgan fingerprint density at radius 1 is 1.11 bits per heavy atom. The highest BCUT2D eigenvalue weighted by atomic mass is 79.9. The second-order valence-electron chi connectivity index (χ2n) is 7.91. The molecule has 0 amide bonds. The van der Waals surface area contributed by atoms with Crippen molar-refractivity contribution >= 4 is 44.3 Å². The molecule has 2 N–H and O–H groups in total. The van der Waals surface area contributed by atoms with Crippen LogP contribution in [0.1, 0.15) is 33.3 Å². The van der Waals surface area contributed by atoms with Gasteiger partial charge in [0.05, 0.1) is 5.52 Å². The largest absolute Gasteiger partial charge is 0.366 e. The van der Waals surface area contributed by atoms with Gasteiger partial charge in [-0.25, -0.2) is 9.37 Å². The van der Waals surface area contributed by atoms with Crippen LogP contribution in [0.4, 0.5) is 21.8 Å². The third kappa shape index (κ3) is 4.56. The second-order valence-corrected chi connectivity index (χ2v) is 8.76. The first-order valence-electron chi connectivity index (χ1n) is 8.90. The van der Waals surface area contributed by atoms with Gasteiger partial charge in [-0.1, -0.05) is 26.8 Å². The topological polar surface area (TPSA) is 49.8 Å². The molecule has 0 spiro atoms. The summed E-state index contributed by atoms with van der Waals surface area (Å²) in [6.45, 7) is 10.5. The van der Waals surface area contributed by atoms with Gasteiger partial charge in [0.15, 0.2) is 0 Å². The monoisotopic (exact) mass is 430 g/mol. The van der Waals surface area contributed by atoms with Crippen molar-refractivity contribution in [1.82, 2.24) is 9.97 Å². The molecule has 1 atom stereocenters. The van der Waals surface area contributed by atoms with E-state index in [0.29, 0.717) is 11.6 Å². The third-order valence-electron chi connectivity index (χ3n) is 4.63. The van der Waals surface area contributed by atoms with Crippen molar-refractivity contribution in [3.8, 4) is 0 Å². The molecule has 1 heterocycles. The number of fused-ring (bicyclic) bond motifs is 1. The Kier molecular flexibility index (Phi) is 5.38. The van der Waals surface area contributed by atoms with Crippen LogP contribution >= 0.6 is 15.9 Å². The SMILES string of the molecule is Cc1cc(F)cc(Nc2nc(N[C@H](C)C(C)(C)C)c3cccc(Br)c3n2)c1. The lowest BCUT2D eigenvalue weighted by molar-refractivity contribution is 0.359. The maximum Gasteiger partial charge on any atom is 0.229 e. The zero-order valence-electron chi connectivity index (χ0n) is 16.2. The third-order valence-corrected chi connectivity index (χ3v) is 5.27. The Hall–Kier alpha value is -2.21. The second kappa shape index (κ2) is 7.43. The molecule has 0 aliphatic heterocycles. The Labute approximate surface area is 167 Å². The van der Waals surface area contributed by atoms with E-state index >= 15 is 0 Å². The van der Waals surface area contributed by atoms with Gasteiger partial charge < -0.3 is 10.6 Å². The van der Waals surface area contributed by atoms with E-state index in [-0.39, 0.29) is 17.3 Å². The van der Waals surface area contributed by atoms with Crippen LogP contribution in [-0.2, 0) is 0 Å². The van der Waals surface area contributed by atoms with Crippen LogP contribution in [-0.4, -0.2) is 16.0 Å². The van der Waals surface area contributed by atoms with Gasteiger partial charge in [-0.05, 0) is 71.1 Å². The number of anilines is 3. The zero-order chi connectivity index (χ0) is 19.8. The van der Waals surface area contributed by atoms with E-state index in [1.54, 1.807) is 0 Å². The molecule has 3 rings (SSSR count). The van der Waals surface area contributed by atoms with Crippen molar-refractivity contribution in [2.75, 3.05) is 10.6 Å². The van der Waals surface area contributed by atoms with Crippen LogP contribution in [0.25, 0.3) is 10.9 Å². The Morgan fingerprint density at radius 2 is 1.85 bits per heavy atom. The molecule has 27 heavy (non-hydrogen) atoms. The van der Waals surface area contributed by atoms with Crippen molar-refractivity contribution < 1.29 is 4.39 Å². The summed E-state index contributed by atoms with van der Waals surface area (Å²) in [5.74, 6) is 0.876. The van der Waals surface area contributed by atoms with Crippen molar-refractivity contribution in [2.45, 2.75) is 40.7 Å². The van der Waals surface area contributed by atoms with Gasteiger partial charge in [0.2, 0.25) is 5.95 Å². The number of hydrogen-bond acceptors (Lipinski definition) is 4. The maximum atomic E-state index is 13.7. The molecule has 142 valence electrons. The molecule has 0 radical (unpaired) electrons. The summed E-state index contributed by atoms with van der Waals surface area (Å²) >= 11 is 3.57. The van der Waals surface area contributed by atoms with Crippen LogP contribution in [0, 0.1) is 18.2 Å². The van der Waals surface area contributed by atoms with Crippen LogP contribution in [0.2, 0.25) is 0 Å². The number of rotatable bonds is 4. The van der Waals surface area contributed by atoms with Gasteiger partial charge in [-0.2, -0.15) is 4.98 Å². The number of aryl methyl sites for hydroxylation is 1. The Morgan fingerprint density at radius 3 is 2.52 bits per heavy atom. The van der Waals surface area contributed by atoms with Gasteiger partial charge in [0.1, 0.15) is 11.6 Å². The number of benzene rings is 2. The average molecular weight is 431 g/mol. The van der Waals surface area contributed by atoms with Crippen LogP contribution in [0.15, 0.2) is 40.9 Å². The lowest BCUT2D eigenvalue weighted by Gasteiger charge is -2.29. The molecule has 6 heteroatoms. The highest BCUT2D eigenvalue weighted by molar-refractivity contribution is 9.10. The van der Waals surface area contributed by atoms with E-state index < -0.39 is 0 Å². The zero-order valence-corrected chi connectivity index (χ0v) is 17.8. The minimum absolute atomic E-state index is 0.0660. The van der Waals surface area contributed by atoms with Gasteiger partial charge in [0.25, 0.3) is 0 Å². The van der Waals surface area contributed by atoms with Crippen LogP contribution in [0.3, 0.4) is 0 Å². The number of halogens is 2. The summed E-state index contributed by atoms with van der Waals surface area (Å²) in [7, 11) is 0. The van der Waals surface area contributed by atoms with E-state index in [0.717, 1.165) is 26.8 Å². The van der Waals surface area contributed by atoms with Gasteiger partial charge in [-0.3, -0.25) is 0 Å². The summed E-state index contributed by atoms with van der Waals surface area (Å²) in [5.41, 5.74) is 2.32. The van der Waals surface area contributed by atoms with E-state index in [1.165, 1.54) is 12.1 Å². The molecule has 2 aromatic carbocycles. The quantitative estimate of drug-likeness (QED) is 0.500. The number of nitrogens with one attached hydrogen (secondary N) is 2. The van der Waals surface area contributed by atoms with Gasteiger partial charge in [-0.15, -0.1) is 0 Å². The van der Waals surface area contributed by atoms with Gasteiger partial charge in [0, 0.05) is 21.6 Å². The standard InChI is InChI=1S/C21H24BrFN4/c1-12-9-14(23)11-15(10-12)25-20-26-18-16(7-6-8-17(18)22)19(27-20)24-13(2)21(3,4)5/h6-11,13H,1-5H3,(H2,24,25,26,27)/t13-/m1/s1. The lowest BCUT2D eigenvalue weighted by atomic mass is 9.88. The summed E-state index contributed by atoms with van der Waals surface area (Å²) in [6.07, 6.45) is 0. The van der Waals surface area contributed by atoms with Crippen LogP contribution < -0.4 is 10.6 Å². The number of para-hydroxylation sites is 1. The molecule has 0 unspecified atom stereocenters. The van der Waals surface area contributed by atoms with Crippen molar-refractivity contribution in [2.24, 2.45) is 5.41 Å². The van der Waals surface area contributed by atoms with E-state index in [9.17, 15) is 4.39 Å². The van der Waals surface area contributed by atoms with Gasteiger partial charge >= 0.3 is 0 Å². The first-order chi connectivity index (χ1) is 12.6. The Bertz CT molecular complexity index is 962. The van der Waals surface area contributed by atoms with Crippen molar-refractivity contribution in [3.05, 3.63) is 52.3 Å². The molecular formula is C21H24BrFN4. The first-order valence-corrected chi connectivity index (χ1v) is 9.70. The van der Waals surface area contributed by atoms with Crippen molar-refractivity contribution in [1.29, 1.82) is 0 Å². The minimum atomic E-state index is -0.292. The molecule has 0 aliphatic rings. The highest BCUT2D eigenvalue weighted by Gasteiger charge is 2.21. The minimum Gasteiger partial charge on any atom is -0.366 e. The number of aromatic nitrogens is 2. The van der Waals surface area contributed by atoms with E-state index in [4.69, 9.17) is 0 Å². The number of hydrogen-bond donors (Lipinski definition) is 2. The fourth-order valence-corrected chi connectivity index (χ4v) is 3.10. The molecule has 0 saturated heterocycles. The van der Waals surface area contributed by atoms with Crippen LogP contribution in [0.5, 0.6) is 0 Å². The number of nitrogens with zero attached hydrogens (tertiary/aromatic N) is 2. The molecule has 0 bridgehead atoms. The van der Waals surface area contributed by atoms with E-state index in [1.807, 2.05) is 31.2 Å². The predicted octanol–water partition coefficient (Wildman–Crippen LogP) is 6.43. The molecule has 4 nitrogen and oxygen atoms in total. The molecular weight excluding hydrogens is 407 g/mol. The fraction of sp³-hybridized carbons (Fsp3) is 0.333. The summed E-state index contributed by atoms with van der Waals surface area (Å²) < 4.78 is 14.6. The average Bonchev–Trinajstić information content (AvgIpc) is 2.54. The molecule has 0 fully saturated rings. The molecule has 3 aromatic rings. The Balaban J connectivity index is 2.07. The molecule has 1 aromatic heterocycles. The predicted molar refractivity (Wildman–Crippen MR) is 114 cm³/mol. The summed E-state index contributed by atoms with van der Waals surface area (Å²) in [4.78, 5) is 9.30. The van der Waals surface area contributed by atoms with E-state index in [2.05, 4.69) is 64.2 Å². The maximum absolute atomic E-state index is 13.7. The lowest BCUT2D eigenvalue weighted by Crippen LogP contribution is -2.31.